The predicted octanol–water partition coefficient (Wildman–Crippen LogP) is 2.51. The molecule has 1 aromatic carbocycles. The number of morpholine rings is 1. The number of carbonyl (C=O) groups is 1. The molecule has 128 valence electrons. The molecule has 1 amide bonds. The molecule has 1 aliphatic carbocycles. The Bertz CT molecular complexity index is 656. The molecule has 5 heteroatoms. The molecule has 0 bridgehead atoms. The maximum absolute atomic E-state index is 12.8. The lowest BCUT2D eigenvalue weighted by Crippen LogP contribution is -2.55. The molecule has 1 aliphatic heterocycles. The molecule has 1 atom stereocenters. The number of hydrogen-bond donors (Lipinski definition) is 0. The monoisotopic (exact) mass is 328 g/mol. The smallest absolute Gasteiger partial charge is 0.254 e. The highest BCUT2D eigenvalue weighted by molar-refractivity contribution is 5.94. The molecule has 3 rings (SSSR count). The second-order valence-electron chi connectivity index (χ2n) is 7.41. The number of methoxy groups -OCH3 is 1. The van der Waals surface area contributed by atoms with Crippen molar-refractivity contribution in [3.8, 4) is 6.07 Å². The van der Waals surface area contributed by atoms with E-state index in [2.05, 4.69) is 6.07 Å². The minimum absolute atomic E-state index is 0.000771. The third-order valence-corrected chi connectivity index (χ3v) is 4.77. The largest absolute Gasteiger partial charge is 0.382 e. The lowest BCUT2D eigenvalue weighted by Gasteiger charge is -2.42. The average Bonchev–Trinajstić information content (AvgIpc) is 3.34. The van der Waals surface area contributed by atoms with Crippen molar-refractivity contribution >= 4 is 5.91 Å². The highest BCUT2D eigenvalue weighted by atomic mass is 16.5. The van der Waals surface area contributed by atoms with Gasteiger partial charge in [-0.3, -0.25) is 4.79 Å². The Morgan fingerprint density at radius 2 is 2.04 bits per heavy atom. The van der Waals surface area contributed by atoms with Crippen molar-refractivity contribution in [2.24, 2.45) is 0 Å². The van der Waals surface area contributed by atoms with Crippen molar-refractivity contribution < 1.29 is 14.3 Å². The standard InChI is InChI=1S/C19H24N2O3/c1-18(2)13-21(10-16(24-18)11-23-3)17(22)14-4-6-15(7-5-14)19(12-20)8-9-19/h4-7,16H,8-11,13H2,1-3H3/t16-/m0/s1. The van der Waals surface area contributed by atoms with E-state index in [1.54, 1.807) is 7.11 Å². The molecule has 1 aromatic rings. The second kappa shape index (κ2) is 6.19. The first kappa shape index (κ1) is 16.9. The summed E-state index contributed by atoms with van der Waals surface area (Å²) in [4.78, 5) is 14.7. The van der Waals surface area contributed by atoms with Gasteiger partial charge in [0.05, 0.1) is 29.8 Å². The number of rotatable bonds is 4. The van der Waals surface area contributed by atoms with Crippen LogP contribution in [0.2, 0.25) is 0 Å². The Balaban J connectivity index is 1.74. The van der Waals surface area contributed by atoms with Crippen LogP contribution in [0.1, 0.15) is 42.6 Å². The van der Waals surface area contributed by atoms with Crippen molar-refractivity contribution in [2.45, 2.75) is 43.8 Å². The van der Waals surface area contributed by atoms with E-state index in [0.29, 0.717) is 25.3 Å². The maximum atomic E-state index is 12.8. The molecule has 0 N–H and O–H groups in total. The molecular formula is C19H24N2O3. The molecule has 2 aliphatic rings. The Morgan fingerprint density at radius 1 is 1.38 bits per heavy atom. The van der Waals surface area contributed by atoms with Crippen molar-refractivity contribution in [3.05, 3.63) is 35.4 Å². The minimum atomic E-state index is -0.393. The number of benzene rings is 1. The SMILES string of the molecule is COC[C@@H]1CN(C(=O)c2ccc(C3(C#N)CC3)cc2)CC(C)(C)O1. The Kier molecular flexibility index (Phi) is 4.37. The molecule has 5 nitrogen and oxygen atoms in total. The van der Waals surface area contributed by atoms with E-state index in [9.17, 15) is 10.1 Å². The summed E-state index contributed by atoms with van der Waals surface area (Å²) in [6.45, 7) is 5.52. The Hall–Kier alpha value is -1.90. The number of ether oxygens (including phenoxy) is 2. The zero-order valence-electron chi connectivity index (χ0n) is 14.5. The van der Waals surface area contributed by atoms with Crippen molar-refractivity contribution in [1.82, 2.24) is 4.90 Å². The molecular weight excluding hydrogens is 304 g/mol. The summed E-state index contributed by atoms with van der Waals surface area (Å²) in [5.41, 5.74) is 0.963. The van der Waals surface area contributed by atoms with Crippen LogP contribution in [-0.4, -0.2) is 49.3 Å². The van der Waals surface area contributed by atoms with Gasteiger partial charge in [0.15, 0.2) is 0 Å². The number of amides is 1. The van der Waals surface area contributed by atoms with Crippen LogP contribution in [0.25, 0.3) is 0 Å². The lowest BCUT2D eigenvalue weighted by atomic mass is 9.96. The quantitative estimate of drug-likeness (QED) is 0.852. The molecule has 0 spiro atoms. The van der Waals surface area contributed by atoms with Gasteiger partial charge in [-0.25, -0.2) is 0 Å². The van der Waals surface area contributed by atoms with Gasteiger partial charge in [0.2, 0.25) is 0 Å². The summed E-state index contributed by atoms with van der Waals surface area (Å²) in [6, 6.07) is 9.89. The lowest BCUT2D eigenvalue weighted by molar-refractivity contribution is -0.143. The van der Waals surface area contributed by atoms with Gasteiger partial charge in [-0.1, -0.05) is 12.1 Å². The van der Waals surface area contributed by atoms with Crippen LogP contribution in [0, 0.1) is 11.3 Å². The molecule has 2 fully saturated rings. The summed E-state index contributed by atoms with van der Waals surface area (Å²) in [5.74, 6) is 0.000771. The van der Waals surface area contributed by atoms with E-state index in [0.717, 1.165) is 18.4 Å². The van der Waals surface area contributed by atoms with Crippen molar-refractivity contribution in [2.75, 3.05) is 26.8 Å². The van der Waals surface area contributed by atoms with Crippen LogP contribution in [-0.2, 0) is 14.9 Å². The molecule has 0 aromatic heterocycles. The highest BCUT2D eigenvalue weighted by Gasteiger charge is 2.44. The van der Waals surface area contributed by atoms with Crippen LogP contribution in [0.3, 0.4) is 0 Å². The third kappa shape index (κ3) is 3.31. The molecule has 24 heavy (non-hydrogen) atoms. The fraction of sp³-hybridized carbons (Fsp3) is 0.579. The zero-order valence-corrected chi connectivity index (χ0v) is 14.5. The topological polar surface area (TPSA) is 62.6 Å². The number of nitriles is 1. The summed E-state index contributed by atoms with van der Waals surface area (Å²) >= 11 is 0. The fourth-order valence-corrected chi connectivity index (χ4v) is 3.43. The van der Waals surface area contributed by atoms with Gasteiger partial charge in [0, 0.05) is 25.8 Å². The van der Waals surface area contributed by atoms with E-state index in [-0.39, 0.29) is 17.4 Å². The first-order valence-corrected chi connectivity index (χ1v) is 8.37. The first-order valence-electron chi connectivity index (χ1n) is 8.37. The Labute approximate surface area is 143 Å². The van der Waals surface area contributed by atoms with Crippen LogP contribution in [0.4, 0.5) is 0 Å². The van der Waals surface area contributed by atoms with Gasteiger partial charge >= 0.3 is 0 Å². The Morgan fingerprint density at radius 3 is 2.58 bits per heavy atom. The van der Waals surface area contributed by atoms with Crippen LogP contribution in [0.15, 0.2) is 24.3 Å². The molecule has 0 unspecified atom stereocenters. The van der Waals surface area contributed by atoms with E-state index in [1.165, 1.54) is 0 Å². The fourth-order valence-electron chi connectivity index (χ4n) is 3.43. The van der Waals surface area contributed by atoms with Crippen LogP contribution < -0.4 is 0 Å². The van der Waals surface area contributed by atoms with Gasteiger partial charge in [-0.2, -0.15) is 5.26 Å². The van der Waals surface area contributed by atoms with Gasteiger partial charge in [-0.05, 0) is 44.4 Å². The molecule has 1 saturated carbocycles. The number of carbonyl (C=O) groups excluding carboxylic acids is 1. The summed E-state index contributed by atoms with van der Waals surface area (Å²) in [6.07, 6.45) is 1.70. The number of nitrogens with zero attached hydrogens (tertiary/aromatic N) is 2. The maximum Gasteiger partial charge on any atom is 0.254 e. The van der Waals surface area contributed by atoms with Gasteiger partial charge in [0.25, 0.3) is 5.91 Å². The van der Waals surface area contributed by atoms with Gasteiger partial charge < -0.3 is 14.4 Å². The zero-order chi connectivity index (χ0) is 17.4. The van der Waals surface area contributed by atoms with E-state index >= 15 is 0 Å². The second-order valence-corrected chi connectivity index (χ2v) is 7.41. The molecule has 0 radical (unpaired) electrons. The van der Waals surface area contributed by atoms with Crippen LogP contribution >= 0.6 is 0 Å². The third-order valence-electron chi connectivity index (χ3n) is 4.77. The predicted molar refractivity (Wildman–Crippen MR) is 89.7 cm³/mol. The van der Waals surface area contributed by atoms with E-state index < -0.39 is 5.60 Å². The highest BCUT2D eigenvalue weighted by Crippen LogP contribution is 2.47. The number of hydrogen-bond acceptors (Lipinski definition) is 4. The summed E-state index contributed by atoms with van der Waals surface area (Å²) in [5, 5.41) is 9.28. The average molecular weight is 328 g/mol. The summed E-state index contributed by atoms with van der Waals surface area (Å²) < 4.78 is 11.1. The van der Waals surface area contributed by atoms with Crippen LogP contribution in [0.5, 0.6) is 0 Å². The summed E-state index contributed by atoms with van der Waals surface area (Å²) in [7, 11) is 1.64. The molecule has 1 saturated heterocycles. The minimum Gasteiger partial charge on any atom is -0.382 e. The van der Waals surface area contributed by atoms with Crippen molar-refractivity contribution in [1.29, 1.82) is 5.26 Å². The molecule has 1 heterocycles. The van der Waals surface area contributed by atoms with E-state index in [1.807, 2.05) is 43.0 Å². The van der Waals surface area contributed by atoms with Gasteiger partial charge in [-0.15, -0.1) is 0 Å². The van der Waals surface area contributed by atoms with Crippen molar-refractivity contribution in [3.63, 3.8) is 0 Å². The normalized spacial score (nSPS) is 24.2. The van der Waals surface area contributed by atoms with E-state index in [4.69, 9.17) is 9.47 Å². The first-order chi connectivity index (χ1) is 11.4. The van der Waals surface area contributed by atoms with Gasteiger partial charge in [0.1, 0.15) is 0 Å².